The van der Waals surface area contributed by atoms with Crippen LogP contribution in [0.5, 0.6) is 0 Å². The Hall–Kier alpha value is -2.66. The number of nitrogens with one attached hydrogen (secondary N) is 1. The lowest BCUT2D eigenvalue weighted by atomic mass is 10.1. The topological polar surface area (TPSA) is 35.6 Å². The maximum Gasteiger partial charge on any atom is 0.281 e. The normalized spacial score (nSPS) is 15.6. The fourth-order valence-electron chi connectivity index (χ4n) is 2.72. The molecule has 1 aliphatic heterocycles. The number of hydrogen-bond acceptors (Lipinski definition) is 3. The third-order valence-corrected chi connectivity index (χ3v) is 4.46. The molecule has 2 aromatic rings. The third kappa shape index (κ3) is 3.56. The molecular formula is C20H21N3OS. The van der Waals surface area contributed by atoms with Gasteiger partial charge in [0.15, 0.2) is 5.11 Å². The minimum Gasteiger partial charge on any atom is -0.378 e. The number of hydrogen-bond donors (Lipinski definition) is 1. The van der Waals surface area contributed by atoms with E-state index in [0.717, 1.165) is 23.4 Å². The van der Waals surface area contributed by atoms with Gasteiger partial charge in [-0.25, -0.2) is 0 Å². The molecule has 1 heterocycles. The molecule has 3 rings (SSSR count). The zero-order chi connectivity index (χ0) is 18.0. The Balaban J connectivity index is 1.87. The average molecular weight is 351 g/mol. The lowest BCUT2D eigenvalue weighted by Crippen LogP contribution is -2.30. The Morgan fingerprint density at radius 2 is 1.88 bits per heavy atom. The van der Waals surface area contributed by atoms with Crippen LogP contribution in [0.25, 0.3) is 6.08 Å². The summed E-state index contributed by atoms with van der Waals surface area (Å²) in [5.41, 5.74) is 4.53. The summed E-state index contributed by atoms with van der Waals surface area (Å²) in [6.07, 6.45) is 2.74. The van der Waals surface area contributed by atoms with Gasteiger partial charge >= 0.3 is 0 Å². The quantitative estimate of drug-likeness (QED) is 0.675. The molecule has 4 nitrogen and oxygen atoms in total. The molecule has 25 heavy (non-hydrogen) atoms. The van der Waals surface area contributed by atoms with Crippen LogP contribution in [-0.2, 0) is 11.2 Å². The van der Waals surface area contributed by atoms with Crippen molar-refractivity contribution in [1.29, 1.82) is 0 Å². The van der Waals surface area contributed by atoms with Crippen molar-refractivity contribution < 1.29 is 4.79 Å². The Morgan fingerprint density at radius 1 is 1.16 bits per heavy atom. The van der Waals surface area contributed by atoms with Crippen LogP contribution in [0.1, 0.15) is 18.1 Å². The van der Waals surface area contributed by atoms with Crippen molar-refractivity contribution in [2.75, 3.05) is 23.9 Å². The molecular weight excluding hydrogens is 330 g/mol. The van der Waals surface area contributed by atoms with Crippen molar-refractivity contribution in [2.24, 2.45) is 0 Å². The van der Waals surface area contributed by atoms with Gasteiger partial charge in [-0.05, 0) is 60.1 Å². The van der Waals surface area contributed by atoms with Gasteiger partial charge in [0.1, 0.15) is 5.70 Å². The second-order valence-corrected chi connectivity index (χ2v) is 6.52. The van der Waals surface area contributed by atoms with Gasteiger partial charge in [-0.1, -0.05) is 31.2 Å². The van der Waals surface area contributed by atoms with E-state index in [1.807, 2.05) is 73.6 Å². The fourth-order valence-corrected chi connectivity index (χ4v) is 3.02. The monoisotopic (exact) mass is 351 g/mol. The number of nitrogens with zero attached hydrogens (tertiary/aromatic N) is 2. The lowest BCUT2D eigenvalue weighted by molar-refractivity contribution is -0.113. The highest BCUT2D eigenvalue weighted by Gasteiger charge is 2.31. The van der Waals surface area contributed by atoms with Crippen LogP contribution < -0.4 is 15.1 Å². The molecule has 0 spiro atoms. The summed E-state index contributed by atoms with van der Waals surface area (Å²) in [6.45, 7) is 2.09. The molecule has 0 aromatic heterocycles. The first-order chi connectivity index (χ1) is 12.0. The zero-order valence-electron chi connectivity index (χ0n) is 14.6. The minimum atomic E-state index is -0.130. The Kier molecular flexibility index (Phi) is 4.86. The highest BCUT2D eigenvalue weighted by molar-refractivity contribution is 7.80. The summed E-state index contributed by atoms with van der Waals surface area (Å²) in [5, 5.41) is 3.45. The molecule has 1 aliphatic rings. The number of aryl methyl sites for hydroxylation is 1. The maximum atomic E-state index is 12.8. The Labute approximate surface area is 153 Å². The number of thiocarbonyl (C=S) groups is 1. The van der Waals surface area contributed by atoms with Crippen molar-refractivity contribution in [3.8, 4) is 0 Å². The summed E-state index contributed by atoms with van der Waals surface area (Å²) >= 11 is 5.37. The maximum absolute atomic E-state index is 12.8. The number of carbonyl (C=O) groups excluding carboxylic acids is 1. The van der Waals surface area contributed by atoms with Gasteiger partial charge in [0.2, 0.25) is 0 Å². The third-order valence-electron chi connectivity index (χ3n) is 4.18. The van der Waals surface area contributed by atoms with Crippen LogP contribution >= 0.6 is 12.2 Å². The van der Waals surface area contributed by atoms with Crippen molar-refractivity contribution in [1.82, 2.24) is 5.32 Å². The standard InChI is InChI=1S/C20H21N3OS/c1-4-14-6-5-7-17(12-14)23-19(24)18(21-20(23)25)13-15-8-10-16(11-9-15)22(2)3/h5-13H,4H2,1-3H3,(H,21,25)/b18-13+. The van der Waals surface area contributed by atoms with Crippen molar-refractivity contribution >= 4 is 40.7 Å². The molecule has 1 N–H and O–H groups in total. The second-order valence-electron chi connectivity index (χ2n) is 6.14. The summed E-state index contributed by atoms with van der Waals surface area (Å²) < 4.78 is 0. The molecule has 0 aliphatic carbocycles. The minimum absolute atomic E-state index is 0.130. The van der Waals surface area contributed by atoms with E-state index in [0.29, 0.717) is 10.8 Å². The van der Waals surface area contributed by atoms with E-state index in [2.05, 4.69) is 12.2 Å². The van der Waals surface area contributed by atoms with Crippen LogP contribution in [0.4, 0.5) is 11.4 Å². The first-order valence-electron chi connectivity index (χ1n) is 8.23. The molecule has 128 valence electrons. The molecule has 1 saturated heterocycles. The molecule has 1 amide bonds. The van der Waals surface area contributed by atoms with Crippen molar-refractivity contribution in [3.05, 3.63) is 65.4 Å². The van der Waals surface area contributed by atoms with E-state index < -0.39 is 0 Å². The molecule has 0 unspecified atom stereocenters. The molecule has 0 atom stereocenters. The molecule has 0 saturated carbocycles. The second kappa shape index (κ2) is 7.07. The van der Waals surface area contributed by atoms with E-state index >= 15 is 0 Å². The summed E-state index contributed by atoms with van der Waals surface area (Å²) in [4.78, 5) is 16.4. The van der Waals surface area contributed by atoms with Crippen LogP contribution in [-0.4, -0.2) is 25.1 Å². The predicted molar refractivity (Wildman–Crippen MR) is 108 cm³/mol. The van der Waals surface area contributed by atoms with E-state index in [-0.39, 0.29) is 5.91 Å². The van der Waals surface area contributed by atoms with Crippen LogP contribution in [0.3, 0.4) is 0 Å². The van der Waals surface area contributed by atoms with Gasteiger partial charge in [0.25, 0.3) is 5.91 Å². The smallest absolute Gasteiger partial charge is 0.281 e. The van der Waals surface area contributed by atoms with Crippen LogP contribution in [0.2, 0.25) is 0 Å². The molecule has 0 radical (unpaired) electrons. The number of carbonyl (C=O) groups is 1. The Bertz CT molecular complexity index is 840. The molecule has 0 bridgehead atoms. The van der Waals surface area contributed by atoms with E-state index in [4.69, 9.17) is 12.2 Å². The summed E-state index contributed by atoms with van der Waals surface area (Å²) in [7, 11) is 3.99. The lowest BCUT2D eigenvalue weighted by Gasteiger charge is -2.14. The first-order valence-corrected chi connectivity index (χ1v) is 8.64. The molecule has 5 heteroatoms. The van der Waals surface area contributed by atoms with Crippen molar-refractivity contribution in [2.45, 2.75) is 13.3 Å². The number of benzene rings is 2. The summed E-state index contributed by atoms with van der Waals surface area (Å²) in [5.74, 6) is -0.130. The largest absolute Gasteiger partial charge is 0.378 e. The van der Waals surface area contributed by atoms with Crippen molar-refractivity contribution in [3.63, 3.8) is 0 Å². The van der Waals surface area contributed by atoms with E-state index in [9.17, 15) is 4.79 Å². The van der Waals surface area contributed by atoms with Gasteiger partial charge in [-0.2, -0.15) is 0 Å². The number of rotatable bonds is 4. The van der Waals surface area contributed by atoms with Gasteiger partial charge < -0.3 is 10.2 Å². The van der Waals surface area contributed by atoms with Gasteiger partial charge in [0, 0.05) is 19.8 Å². The van der Waals surface area contributed by atoms with Crippen LogP contribution in [0.15, 0.2) is 54.2 Å². The fraction of sp³-hybridized carbons (Fsp3) is 0.200. The summed E-state index contributed by atoms with van der Waals surface area (Å²) in [6, 6.07) is 15.9. The molecule has 1 fully saturated rings. The highest BCUT2D eigenvalue weighted by atomic mass is 32.1. The molecule has 2 aromatic carbocycles. The van der Waals surface area contributed by atoms with Gasteiger partial charge in [0.05, 0.1) is 5.69 Å². The first kappa shape index (κ1) is 17.2. The highest BCUT2D eigenvalue weighted by Crippen LogP contribution is 2.24. The Morgan fingerprint density at radius 3 is 2.52 bits per heavy atom. The number of amides is 1. The van der Waals surface area contributed by atoms with E-state index in [1.54, 1.807) is 4.90 Å². The zero-order valence-corrected chi connectivity index (χ0v) is 15.4. The predicted octanol–water partition coefficient (Wildman–Crippen LogP) is 3.58. The SMILES string of the molecule is CCc1cccc(N2C(=O)/C(=C\c3ccc(N(C)C)cc3)NC2=S)c1. The average Bonchev–Trinajstić information content (AvgIpc) is 2.89. The van der Waals surface area contributed by atoms with Crippen LogP contribution in [0, 0.1) is 0 Å². The van der Waals surface area contributed by atoms with Gasteiger partial charge in [-0.15, -0.1) is 0 Å². The number of anilines is 2. The van der Waals surface area contributed by atoms with Gasteiger partial charge in [-0.3, -0.25) is 9.69 Å². The van der Waals surface area contributed by atoms with E-state index in [1.165, 1.54) is 5.56 Å².